The number of halogens is 2. The van der Waals surface area contributed by atoms with Gasteiger partial charge in [-0.2, -0.15) is 0 Å². The van der Waals surface area contributed by atoms with Crippen molar-refractivity contribution in [2.24, 2.45) is 0 Å². The lowest BCUT2D eigenvalue weighted by Gasteiger charge is -2.03. The van der Waals surface area contributed by atoms with Crippen LogP contribution in [0, 0.1) is 35.3 Å². The zero-order valence-electron chi connectivity index (χ0n) is 21.6. The molecule has 3 aromatic rings. The fraction of sp³-hybridized carbons (Fsp3) is 0.353. The first-order valence-corrected chi connectivity index (χ1v) is 13.3. The Morgan fingerprint density at radius 2 is 1.08 bits per heavy atom. The molecule has 0 atom stereocenters. The summed E-state index contributed by atoms with van der Waals surface area (Å²) in [6, 6.07) is 18.1. The van der Waals surface area contributed by atoms with Gasteiger partial charge in [-0.3, -0.25) is 0 Å². The van der Waals surface area contributed by atoms with Gasteiger partial charge >= 0.3 is 0 Å². The molecule has 3 rings (SSSR count). The van der Waals surface area contributed by atoms with E-state index >= 15 is 0 Å². The van der Waals surface area contributed by atoms with Crippen LogP contribution in [0.4, 0.5) is 8.78 Å². The second kappa shape index (κ2) is 14.9. The van der Waals surface area contributed by atoms with Gasteiger partial charge in [0.2, 0.25) is 0 Å². The Labute approximate surface area is 216 Å². The third-order valence-electron chi connectivity index (χ3n) is 6.29. The third-order valence-corrected chi connectivity index (χ3v) is 6.29. The Bertz CT molecular complexity index is 1230. The minimum atomic E-state index is -0.407. The normalized spacial score (nSPS) is 10.3. The molecule has 0 aliphatic heterocycles. The van der Waals surface area contributed by atoms with Gasteiger partial charge in [0, 0.05) is 16.7 Å². The molecule has 186 valence electrons. The van der Waals surface area contributed by atoms with Crippen LogP contribution in [0.1, 0.15) is 98.6 Å². The van der Waals surface area contributed by atoms with Gasteiger partial charge in [0.05, 0.1) is 5.56 Å². The first-order chi connectivity index (χ1) is 17.6. The topological polar surface area (TPSA) is 0 Å². The van der Waals surface area contributed by atoms with E-state index in [1.54, 1.807) is 12.1 Å². The Balaban J connectivity index is 1.60. The van der Waals surface area contributed by atoms with E-state index < -0.39 is 5.82 Å². The summed E-state index contributed by atoms with van der Waals surface area (Å²) >= 11 is 0. The number of hydrogen-bond acceptors (Lipinski definition) is 0. The number of unbranched alkanes of at least 4 members (excludes halogenated alkanes) is 6. The molecule has 0 amide bonds. The number of hydrogen-bond donors (Lipinski definition) is 0. The smallest absolute Gasteiger partial charge is 0.140 e. The molecule has 0 radical (unpaired) electrons. The molecule has 0 heterocycles. The predicted molar refractivity (Wildman–Crippen MR) is 147 cm³/mol. The van der Waals surface area contributed by atoms with Gasteiger partial charge in [-0.15, -0.1) is 0 Å². The van der Waals surface area contributed by atoms with Crippen molar-refractivity contribution in [1.29, 1.82) is 0 Å². The van der Waals surface area contributed by atoms with Crippen LogP contribution in [0.2, 0.25) is 0 Å². The predicted octanol–water partition coefficient (Wildman–Crippen LogP) is 9.01. The summed E-state index contributed by atoms with van der Waals surface area (Å²) < 4.78 is 29.0. The quantitative estimate of drug-likeness (QED) is 0.200. The van der Waals surface area contributed by atoms with E-state index in [0.29, 0.717) is 16.7 Å². The monoisotopic (exact) mass is 482 g/mol. The van der Waals surface area contributed by atoms with Crippen molar-refractivity contribution in [3.63, 3.8) is 0 Å². The first-order valence-electron chi connectivity index (χ1n) is 13.3. The summed E-state index contributed by atoms with van der Waals surface area (Å²) in [5.74, 6) is 11.2. The highest BCUT2D eigenvalue weighted by Gasteiger charge is 2.04. The van der Waals surface area contributed by atoms with E-state index in [0.717, 1.165) is 43.2 Å². The maximum Gasteiger partial charge on any atom is 0.140 e. The molecule has 0 unspecified atom stereocenters. The molecule has 2 heteroatoms. The molecule has 0 bridgehead atoms. The summed E-state index contributed by atoms with van der Waals surface area (Å²) in [5, 5.41) is 0. The largest absolute Gasteiger partial charge is 0.207 e. The van der Waals surface area contributed by atoms with E-state index in [2.05, 4.69) is 49.7 Å². The highest BCUT2D eigenvalue weighted by atomic mass is 19.1. The molecule has 36 heavy (non-hydrogen) atoms. The zero-order valence-corrected chi connectivity index (χ0v) is 21.6. The molecule has 0 aromatic heterocycles. The van der Waals surface area contributed by atoms with Gasteiger partial charge < -0.3 is 0 Å². The second-order valence-electron chi connectivity index (χ2n) is 9.32. The Morgan fingerprint density at radius 1 is 0.528 bits per heavy atom. The van der Waals surface area contributed by atoms with Crippen molar-refractivity contribution in [2.45, 2.75) is 78.1 Å². The molecule has 0 spiro atoms. The van der Waals surface area contributed by atoms with Crippen LogP contribution in [0.3, 0.4) is 0 Å². The maximum atomic E-state index is 14.6. The molecule has 0 aliphatic carbocycles. The molecule has 3 aromatic carbocycles. The van der Waals surface area contributed by atoms with Gasteiger partial charge in [-0.05, 0) is 79.3 Å². The standard InChI is InChI=1S/C34H36F2/c1-3-5-7-9-11-27-13-15-28(16-14-27)19-22-32-24-21-30(26-34(32)36)18-17-29-20-23-31(33(35)25-29)12-10-8-6-4-2/h13-16,20-21,23-26H,3-12H2,1-2H3. The number of aryl methyl sites for hydroxylation is 2. The van der Waals surface area contributed by atoms with Crippen LogP contribution in [-0.4, -0.2) is 0 Å². The van der Waals surface area contributed by atoms with Crippen molar-refractivity contribution in [3.8, 4) is 23.7 Å². The van der Waals surface area contributed by atoms with Crippen molar-refractivity contribution >= 4 is 0 Å². The summed E-state index contributed by atoms with van der Waals surface area (Å²) in [4.78, 5) is 0. The Morgan fingerprint density at radius 3 is 1.69 bits per heavy atom. The average Bonchev–Trinajstić information content (AvgIpc) is 2.89. The highest BCUT2D eigenvalue weighted by Crippen LogP contribution is 2.15. The highest BCUT2D eigenvalue weighted by molar-refractivity contribution is 5.49. The first kappa shape index (κ1) is 27.2. The van der Waals surface area contributed by atoms with E-state index in [1.807, 2.05) is 24.3 Å². The zero-order chi connectivity index (χ0) is 25.6. The molecule has 0 fully saturated rings. The van der Waals surface area contributed by atoms with Gasteiger partial charge in [0.25, 0.3) is 0 Å². The van der Waals surface area contributed by atoms with Crippen molar-refractivity contribution < 1.29 is 8.78 Å². The Hall–Kier alpha value is -3.36. The van der Waals surface area contributed by atoms with E-state index in [1.165, 1.54) is 49.8 Å². The van der Waals surface area contributed by atoms with Gasteiger partial charge in [0.1, 0.15) is 11.6 Å². The average molecular weight is 483 g/mol. The van der Waals surface area contributed by atoms with Crippen LogP contribution in [0.25, 0.3) is 0 Å². The molecular weight excluding hydrogens is 446 g/mol. The van der Waals surface area contributed by atoms with E-state index in [4.69, 9.17) is 0 Å². The van der Waals surface area contributed by atoms with Crippen LogP contribution in [0.15, 0.2) is 60.7 Å². The summed E-state index contributed by atoms with van der Waals surface area (Å²) in [6.45, 7) is 4.38. The van der Waals surface area contributed by atoms with Crippen LogP contribution in [0.5, 0.6) is 0 Å². The third kappa shape index (κ3) is 9.02. The SMILES string of the molecule is CCCCCCc1ccc(C#Cc2ccc(C#Cc3ccc(CCCCCC)c(F)c3)cc2F)cc1. The van der Waals surface area contributed by atoms with Gasteiger partial charge in [-0.25, -0.2) is 8.78 Å². The van der Waals surface area contributed by atoms with Crippen LogP contribution >= 0.6 is 0 Å². The van der Waals surface area contributed by atoms with Crippen molar-refractivity contribution in [1.82, 2.24) is 0 Å². The van der Waals surface area contributed by atoms with Gasteiger partial charge in [-0.1, -0.05) is 94.3 Å². The van der Waals surface area contributed by atoms with Crippen molar-refractivity contribution in [2.75, 3.05) is 0 Å². The summed E-state index contributed by atoms with van der Waals surface area (Å²) in [6.07, 6.45) is 11.3. The van der Waals surface area contributed by atoms with E-state index in [-0.39, 0.29) is 5.82 Å². The lowest BCUT2D eigenvalue weighted by atomic mass is 10.0. The second-order valence-corrected chi connectivity index (χ2v) is 9.32. The molecule has 0 N–H and O–H groups in total. The number of benzene rings is 3. The minimum absolute atomic E-state index is 0.223. The van der Waals surface area contributed by atoms with Crippen molar-refractivity contribution in [3.05, 3.63) is 106 Å². The molecule has 0 aliphatic rings. The maximum absolute atomic E-state index is 14.6. The summed E-state index contributed by atoms with van der Waals surface area (Å²) in [5.41, 5.74) is 4.37. The lowest BCUT2D eigenvalue weighted by Crippen LogP contribution is -1.92. The fourth-order valence-corrected chi connectivity index (χ4v) is 4.06. The molecular formula is C34H36F2. The molecule has 0 nitrogen and oxygen atoms in total. The minimum Gasteiger partial charge on any atom is -0.207 e. The fourth-order valence-electron chi connectivity index (χ4n) is 4.06. The number of rotatable bonds is 10. The van der Waals surface area contributed by atoms with Crippen LogP contribution < -0.4 is 0 Å². The van der Waals surface area contributed by atoms with Crippen LogP contribution in [-0.2, 0) is 12.8 Å². The summed E-state index contributed by atoms with van der Waals surface area (Å²) in [7, 11) is 0. The van der Waals surface area contributed by atoms with E-state index in [9.17, 15) is 8.78 Å². The lowest BCUT2D eigenvalue weighted by molar-refractivity contribution is 0.593. The Kier molecular flexibility index (Phi) is 11.3. The van der Waals surface area contributed by atoms with Gasteiger partial charge in [0.15, 0.2) is 0 Å². The molecule has 0 saturated carbocycles. The molecule has 0 saturated heterocycles.